The first-order chi connectivity index (χ1) is 46.5. The van der Waals surface area contributed by atoms with Gasteiger partial charge in [0.2, 0.25) is 11.8 Å². The zero-order valence-electron chi connectivity index (χ0n) is 66.6. The van der Waals surface area contributed by atoms with Crippen LogP contribution in [-0.4, -0.2) is 163 Å². The number of aromatic nitrogens is 8. The number of carbonyl (C=O) groups is 2. The molecule has 4 aliphatic rings. The third-order valence-corrected chi connectivity index (χ3v) is 26.2. The molecule has 18 N–H and O–H groups in total. The smallest absolute Gasteiger partial charge is 0.225 e. The number of rotatable bonds is 8. The molecule has 0 aliphatic carbocycles. The molecule has 4 radical (unpaired) electrons. The van der Waals surface area contributed by atoms with Crippen LogP contribution in [-0.2, 0) is 75.2 Å². The first kappa shape index (κ1) is 91.7. The van der Waals surface area contributed by atoms with Gasteiger partial charge in [0.25, 0.3) is 0 Å². The molecule has 2 amide bonds. The van der Waals surface area contributed by atoms with Crippen LogP contribution in [0.25, 0.3) is 0 Å². The van der Waals surface area contributed by atoms with Crippen LogP contribution in [0.5, 0.6) is 0 Å². The molecule has 568 valence electrons. The van der Waals surface area contributed by atoms with Gasteiger partial charge in [-0.05, 0) is 262 Å². The Morgan fingerprint density at radius 3 is 0.708 bits per heavy atom. The molecule has 2 saturated heterocycles. The van der Waals surface area contributed by atoms with E-state index in [1.54, 1.807) is 0 Å². The summed E-state index contributed by atoms with van der Waals surface area (Å²) in [5.41, 5.74) is 1.79. The molecule has 0 aromatic carbocycles. The normalized spacial score (nSPS) is 30.8. The zero-order valence-corrected chi connectivity index (χ0v) is 85.6. The Labute approximate surface area is 767 Å². The second-order valence-electron chi connectivity index (χ2n) is 35.6. The van der Waals surface area contributed by atoms with Gasteiger partial charge in [0, 0.05) is 311 Å². The Morgan fingerprint density at radius 1 is 0.321 bits per heavy atom. The fourth-order valence-corrected chi connectivity index (χ4v) is 16.4. The summed E-state index contributed by atoms with van der Waals surface area (Å²) < 4.78 is 11.4. The summed E-state index contributed by atoms with van der Waals surface area (Å²) in [7, 11) is 0. The van der Waals surface area contributed by atoms with Gasteiger partial charge in [0.05, 0.1) is 26.1 Å². The number of hydrogen-bond acceptors (Lipinski definition) is 12. The van der Waals surface area contributed by atoms with Crippen molar-refractivity contribution < 1.29 is 236 Å². The number of nitrogens with one attached hydrogen (secondary N) is 10. The molecular weight excluding hydrogens is 2200 g/mol. The Kier molecular flexibility index (Phi) is 26.0. The minimum absolute atomic E-state index is 0. The van der Waals surface area contributed by atoms with Crippen molar-refractivity contribution in [3.05, 3.63) is 187 Å². The van der Waals surface area contributed by atoms with Crippen molar-refractivity contribution in [3.63, 3.8) is 0 Å². The van der Waals surface area contributed by atoms with Gasteiger partial charge in [-0.2, -0.15) is 0 Å². The summed E-state index contributed by atoms with van der Waals surface area (Å²) in [6, 6.07) is 29.7. The molecule has 4 aliphatic heterocycles. The van der Waals surface area contributed by atoms with Gasteiger partial charge >= 0.3 is 0 Å². The number of aliphatic hydroxyl groups excluding tert-OH is 2. The summed E-state index contributed by atoms with van der Waals surface area (Å²) in [5, 5.41) is 94.8. The van der Waals surface area contributed by atoms with Crippen LogP contribution in [0.3, 0.4) is 0 Å². The largest absolute Gasteiger partial charge is 0.394 e. The van der Waals surface area contributed by atoms with Crippen molar-refractivity contribution in [1.82, 2.24) is 50.5 Å². The van der Waals surface area contributed by atoms with Crippen LogP contribution in [0.4, 0.5) is 0 Å². The fourth-order valence-electron chi connectivity index (χ4n) is 16.4. The van der Waals surface area contributed by atoms with E-state index in [-0.39, 0.29) is 211 Å². The van der Waals surface area contributed by atoms with Gasteiger partial charge in [-0.25, -0.2) is 0 Å². The number of hydrogen-bond donors (Lipinski definition) is 18. The second kappa shape index (κ2) is 30.0. The summed E-state index contributed by atoms with van der Waals surface area (Å²) in [6.07, 6.45) is -2.81. The first-order valence-corrected chi connectivity index (χ1v) is 35.7. The van der Waals surface area contributed by atoms with E-state index in [9.17, 15) is 50.4 Å². The van der Waals surface area contributed by atoms with E-state index in [1.165, 1.54) is 55.4 Å². The van der Waals surface area contributed by atoms with Crippen LogP contribution in [0.2, 0.25) is 0 Å². The van der Waals surface area contributed by atoms with E-state index in [0.29, 0.717) is 0 Å². The van der Waals surface area contributed by atoms with E-state index < -0.39 is 104 Å². The van der Waals surface area contributed by atoms with E-state index >= 15 is 0 Å². The summed E-state index contributed by atoms with van der Waals surface area (Å²) >= 11 is 0. The van der Waals surface area contributed by atoms with E-state index in [4.69, 9.17) is 9.47 Å². The van der Waals surface area contributed by atoms with Gasteiger partial charge in [-0.1, -0.05) is 0 Å². The molecule has 0 saturated carbocycles. The van der Waals surface area contributed by atoms with Crippen molar-refractivity contribution in [2.45, 2.75) is 280 Å². The average Bonchev–Trinajstić information content (AvgIpc) is 1.70. The van der Waals surface area contributed by atoms with Crippen LogP contribution >= 0.6 is 0 Å². The summed E-state index contributed by atoms with van der Waals surface area (Å²) in [5.74, 6) is -5.28. The van der Waals surface area contributed by atoms with Gasteiger partial charge in [-0.15, -0.1) is 0 Å². The maximum absolute atomic E-state index is 14.2. The van der Waals surface area contributed by atoms with Crippen molar-refractivity contribution in [2.24, 2.45) is 0 Å². The van der Waals surface area contributed by atoms with Crippen molar-refractivity contribution in [2.75, 3.05) is 13.2 Å². The van der Waals surface area contributed by atoms with Crippen LogP contribution in [0.15, 0.2) is 84.9 Å². The van der Waals surface area contributed by atoms with Crippen molar-refractivity contribution in [1.29, 1.82) is 0 Å². The van der Waals surface area contributed by atoms with Crippen LogP contribution < -0.4 is 10.6 Å². The minimum Gasteiger partial charge on any atom is -0.394 e. The second-order valence-corrected chi connectivity index (χ2v) is 35.6. The molecule has 12 heterocycles. The van der Waals surface area contributed by atoms with Gasteiger partial charge in [-0.3, -0.25) is 9.59 Å². The number of amides is 2. The maximum Gasteiger partial charge on any atom is 0.225 e. The fraction of sp³-hybridized carbons (Fsp3) is 0.575. The number of aromatic amines is 8. The quantitative estimate of drug-likeness (QED) is 0.0677. The zero-order chi connectivity index (χ0) is 75.9. The standard InChI is InChI=1S/2C40H57N5O6.4Ac/c2*1-33(2)23-13-14-24(41-23)34(3,4)26-17-18-28(43-26)36(7,8)32-22(19-29(44-32)35(5,6)27-16-15-25(33)42-27)20-31(47)45-38(10)39(11,49)37(9,48)30(21-46)51-40(38,12)50;;;;/h2*13-19,30,41-44,46,48-50H,20-21H2,1-12H3,(H,45,47);;;;/t2*30?,37-,38?,39?,40-;;;;/m11..../s1. The molecule has 0 spiro atoms. The summed E-state index contributed by atoms with van der Waals surface area (Å²) in [6.45, 7) is 44.1. The predicted molar refractivity (Wildman–Crippen MR) is 392 cm³/mol. The minimum atomic E-state index is -2.15. The molecule has 2 fully saturated rings. The molecule has 6 unspecified atom stereocenters. The van der Waals surface area contributed by atoms with Gasteiger partial charge in [0.15, 0.2) is 11.6 Å². The third kappa shape index (κ3) is 14.4. The van der Waals surface area contributed by atoms with Gasteiger partial charge < -0.3 is 101 Å². The topological polar surface area (TPSA) is 365 Å². The van der Waals surface area contributed by atoms with E-state index in [0.717, 1.165) is 102 Å². The predicted octanol–water partition coefficient (Wildman–Crippen LogP) is 9.27. The van der Waals surface area contributed by atoms with E-state index in [1.807, 2.05) is 12.1 Å². The van der Waals surface area contributed by atoms with E-state index in [2.05, 4.69) is 234 Å². The molecule has 8 aromatic rings. The number of carbonyl (C=O) groups excluding carboxylic acids is 2. The number of H-pyrrole nitrogens is 8. The third-order valence-electron chi connectivity index (χ3n) is 26.2. The Bertz CT molecular complexity index is 4230. The SMILES string of the molecule is CC1(C)c2ccc([nH]2)C(C)(C)c2ccc([nH]2)C(C)(C)c2[nH]c(cc2CC(=O)NC2(C)C(C)(O)[C@](C)(O)C(CO)O[C@@]2(C)O)C(C)(C)c2ccc1[nH]2.CC1(C)c2ccc([nH]2)C(C)(C)c2ccc([nH]2)C(C)(C)c2[nH]c(cc2CC(=O)NC2(C)C(C)(O)[C@](C)(O)C(CO)O[C@@]2(C)O)C(C)(C)c2ccc1[nH]2.[Ac].[Ac].[Ac].[Ac]. The van der Waals surface area contributed by atoms with Crippen LogP contribution in [0.1, 0.15) is 268 Å². The van der Waals surface area contributed by atoms with Crippen LogP contribution in [0, 0.1) is 176 Å². The Hall–Kier alpha value is -1.45. The monoisotopic (exact) mass is 2310 g/mol. The first-order valence-electron chi connectivity index (χ1n) is 35.7. The molecular formula is C80H114Ac4N10O12. The molecule has 106 heavy (non-hydrogen) atoms. The Morgan fingerprint density at radius 2 is 0.509 bits per heavy atom. The van der Waals surface area contributed by atoms with Gasteiger partial charge in [0.1, 0.15) is 45.7 Å². The van der Waals surface area contributed by atoms with Crippen molar-refractivity contribution in [3.8, 4) is 0 Å². The molecule has 16 bridgehead atoms. The number of ether oxygens (including phenoxy) is 2. The molecule has 10 atom stereocenters. The molecule has 8 aromatic heterocycles. The summed E-state index contributed by atoms with van der Waals surface area (Å²) in [4.78, 5) is 58.2. The maximum atomic E-state index is 14.2. The molecule has 22 nitrogen and oxygen atoms in total. The average molecular weight is 2320 g/mol. The van der Waals surface area contributed by atoms with Crippen molar-refractivity contribution >= 4 is 11.8 Å². The number of fused-ring (bicyclic) bond motifs is 16. The molecule has 12 rings (SSSR count). The Balaban J connectivity index is 0.000000285. The number of aliphatic hydroxyl groups is 8. The molecule has 26 heteroatoms.